The maximum absolute atomic E-state index is 11.5. The van der Waals surface area contributed by atoms with Crippen molar-refractivity contribution in [3.8, 4) is 22.0 Å². The molecule has 104 valence electrons. The van der Waals surface area contributed by atoms with E-state index in [-0.39, 0.29) is 4.88 Å². The summed E-state index contributed by atoms with van der Waals surface area (Å²) < 4.78 is 0.787. The lowest BCUT2D eigenvalue weighted by molar-refractivity contribution is 0.0702. The van der Waals surface area contributed by atoms with Crippen LogP contribution in [0.2, 0.25) is 0 Å². The Morgan fingerprint density at radius 1 is 1.10 bits per heavy atom. The Hall–Kier alpha value is -2.05. The molecule has 0 bridgehead atoms. The molecule has 0 amide bonds. The number of rotatable bonds is 3. The molecule has 1 N–H and O–H groups in total. The van der Waals surface area contributed by atoms with Gasteiger partial charge in [-0.15, -0.1) is 11.3 Å². The van der Waals surface area contributed by atoms with Crippen molar-refractivity contribution in [2.75, 3.05) is 0 Å². The molecule has 2 heterocycles. The van der Waals surface area contributed by atoms with Gasteiger partial charge in [0, 0.05) is 16.2 Å². The number of pyridine rings is 1. The number of hydrogen-bond acceptors (Lipinski definition) is 4. The van der Waals surface area contributed by atoms with Crippen LogP contribution in [0.3, 0.4) is 0 Å². The topological polar surface area (TPSA) is 63.1 Å². The maximum Gasteiger partial charge on any atom is 0.348 e. The number of carboxylic acids is 1. The number of carbonyl (C=O) groups is 1. The molecular weight excluding hydrogens is 352 g/mol. The first-order valence-electron chi connectivity index (χ1n) is 6.07. The average molecular weight is 361 g/mol. The first-order chi connectivity index (χ1) is 10.2. The van der Waals surface area contributed by atoms with Crippen molar-refractivity contribution in [3.63, 3.8) is 0 Å². The van der Waals surface area contributed by atoms with Crippen molar-refractivity contribution >= 4 is 33.2 Å². The Labute approximate surface area is 133 Å². The van der Waals surface area contributed by atoms with Crippen molar-refractivity contribution in [3.05, 3.63) is 58.0 Å². The van der Waals surface area contributed by atoms with Gasteiger partial charge in [0.15, 0.2) is 0 Å². The highest BCUT2D eigenvalue weighted by Gasteiger charge is 2.20. The predicted octanol–water partition coefficient (Wildman–Crippen LogP) is 4.33. The second-order valence-corrected chi connectivity index (χ2v) is 6.06. The summed E-state index contributed by atoms with van der Waals surface area (Å²) in [7, 11) is 0. The second kappa shape index (κ2) is 5.75. The Morgan fingerprint density at radius 2 is 1.86 bits per heavy atom. The SMILES string of the molecule is O=C(O)c1sc(-c2ncccc2Br)nc1-c1ccccc1. The van der Waals surface area contributed by atoms with E-state index in [0.29, 0.717) is 16.4 Å². The molecule has 0 saturated carbocycles. The molecule has 0 radical (unpaired) electrons. The molecule has 21 heavy (non-hydrogen) atoms. The zero-order valence-corrected chi connectivity index (χ0v) is 13.1. The fourth-order valence-corrected chi connectivity index (χ4v) is 3.41. The molecular formula is C15H9BrN2O2S. The molecule has 3 rings (SSSR count). The van der Waals surface area contributed by atoms with Gasteiger partial charge in [-0.05, 0) is 28.1 Å². The van der Waals surface area contributed by atoms with Crippen molar-refractivity contribution in [1.82, 2.24) is 9.97 Å². The van der Waals surface area contributed by atoms with Gasteiger partial charge in [-0.2, -0.15) is 0 Å². The van der Waals surface area contributed by atoms with Crippen LogP contribution in [0.15, 0.2) is 53.1 Å². The Morgan fingerprint density at radius 3 is 2.52 bits per heavy atom. The van der Waals surface area contributed by atoms with Crippen LogP contribution in [-0.4, -0.2) is 21.0 Å². The van der Waals surface area contributed by atoms with Crippen LogP contribution in [0.25, 0.3) is 22.0 Å². The van der Waals surface area contributed by atoms with E-state index >= 15 is 0 Å². The minimum absolute atomic E-state index is 0.216. The Bertz CT molecular complexity index is 802. The number of hydrogen-bond donors (Lipinski definition) is 1. The lowest BCUT2D eigenvalue weighted by Crippen LogP contribution is -1.95. The van der Waals surface area contributed by atoms with Gasteiger partial charge in [0.2, 0.25) is 0 Å². The summed E-state index contributed by atoms with van der Waals surface area (Å²) >= 11 is 4.54. The normalized spacial score (nSPS) is 10.5. The summed E-state index contributed by atoms with van der Waals surface area (Å²) in [5.41, 5.74) is 1.90. The van der Waals surface area contributed by atoms with Crippen LogP contribution in [0.1, 0.15) is 9.67 Å². The summed E-state index contributed by atoms with van der Waals surface area (Å²) in [6.45, 7) is 0. The molecule has 0 aliphatic heterocycles. The fourth-order valence-electron chi connectivity index (χ4n) is 1.90. The first kappa shape index (κ1) is 13.9. The van der Waals surface area contributed by atoms with E-state index in [1.807, 2.05) is 36.4 Å². The van der Waals surface area contributed by atoms with Crippen molar-refractivity contribution in [1.29, 1.82) is 0 Å². The number of aromatic nitrogens is 2. The summed E-state index contributed by atoms with van der Waals surface area (Å²) in [4.78, 5) is 20.4. The summed E-state index contributed by atoms with van der Waals surface area (Å²) in [5, 5.41) is 9.98. The van der Waals surface area contributed by atoms with Crippen molar-refractivity contribution < 1.29 is 9.90 Å². The number of thiazole rings is 1. The van der Waals surface area contributed by atoms with Gasteiger partial charge >= 0.3 is 5.97 Å². The van der Waals surface area contributed by atoms with Gasteiger partial charge in [-0.3, -0.25) is 4.98 Å². The Kier molecular flexibility index (Phi) is 3.81. The monoisotopic (exact) mass is 360 g/mol. The zero-order chi connectivity index (χ0) is 14.8. The van der Waals surface area contributed by atoms with Crippen LogP contribution in [-0.2, 0) is 0 Å². The highest BCUT2D eigenvalue weighted by atomic mass is 79.9. The van der Waals surface area contributed by atoms with Gasteiger partial charge in [0.1, 0.15) is 15.6 Å². The molecule has 1 aromatic carbocycles. The van der Waals surface area contributed by atoms with E-state index in [1.165, 1.54) is 0 Å². The van der Waals surface area contributed by atoms with Gasteiger partial charge in [0.25, 0.3) is 0 Å². The highest BCUT2D eigenvalue weighted by molar-refractivity contribution is 9.10. The summed E-state index contributed by atoms with van der Waals surface area (Å²) in [5.74, 6) is -0.982. The van der Waals surface area contributed by atoms with Crippen LogP contribution in [0.5, 0.6) is 0 Å². The largest absolute Gasteiger partial charge is 0.477 e. The lowest BCUT2D eigenvalue weighted by atomic mass is 10.1. The maximum atomic E-state index is 11.5. The first-order valence-corrected chi connectivity index (χ1v) is 7.68. The minimum Gasteiger partial charge on any atom is -0.477 e. The smallest absolute Gasteiger partial charge is 0.348 e. The van der Waals surface area contributed by atoms with Crippen LogP contribution < -0.4 is 0 Å². The summed E-state index contributed by atoms with van der Waals surface area (Å²) in [6.07, 6.45) is 1.66. The zero-order valence-electron chi connectivity index (χ0n) is 10.7. The van der Waals surface area contributed by atoms with E-state index in [0.717, 1.165) is 21.4 Å². The molecule has 2 aromatic heterocycles. The number of halogens is 1. The van der Waals surface area contributed by atoms with E-state index in [9.17, 15) is 9.90 Å². The van der Waals surface area contributed by atoms with Crippen LogP contribution in [0, 0.1) is 0 Å². The molecule has 6 heteroatoms. The number of aromatic carboxylic acids is 1. The molecule has 0 atom stereocenters. The molecule has 0 spiro atoms. The van der Waals surface area contributed by atoms with Gasteiger partial charge in [-0.1, -0.05) is 30.3 Å². The standard InChI is InChI=1S/C15H9BrN2O2S/c16-10-7-4-8-17-12(10)14-18-11(13(21-14)15(19)20)9-5-2-1-3-6-9/h1-8H,(H,19,20). The van der Waals surface area contributed by atoms with E-state index in [1.54, 1.807) is 12.3 Å². The molecule has 0 aliphatic rings. The van der Waals surface area contributed by atoms with E-state index < -0.39 is 5.97 Å². The quantitative estimate of drug-likeness (QED) is 0.754. The third-order valence-corrected chi connectivity index (χ3v) is 4.52. The third kappa shape index (κ3) is 2.72. The highest BCUT2D eigenvalue weighted by Crippen LogP contribution is 2.35. The number of benzene rings is 1. The molecule has 4 nitrogen and oxygen atoms in total. The second-order valence-electron chi connectivity index (χ2n) is 4.20. The van der Waals surface area contributed by atoms with Gasteiger partial charge < -0.3 is 5.11 Å². The average Bonchev–Trinajstić information content (AvgIpc) is 2.94. The molecule has 0 aliphatic carbocycles. The Balaban J connectivity index is 2.18. The minimum atomic E-state index is -0.982. The van der Waals surface area contributed by atoms with Crippen molar-refractivity contribution in [2.24, 2.45) is 0 Å². The van der Waals surface area contributed by atoms with Crippen molar-refractivity contribution in [2.45, 2.75) is 0 Å². The van der Waals surface area contributed by atoms with E-state index in [2.05, 4.69) is 25.9 Å². The van der Waals surface area contributed by atoms with Crippen LogP contribution in [0.4, 0.5) is 0 Å². The molecule has 0 fully saturated rings. The fraction of sp³-hybridized carbons (Fsp3) is 0. The van der Waals surface area contributed by atoms with Gasteiger partial charge in [-0.25, -0.2) is 9.78 Å². The molecule has 0 unspecified atom stereocenters. The predicted molar refractivity (Wildman–Crippen MR) is 85.4 cm³/mol. The van der Waals surface area contributed by atoms with E-state index in [4.69, 9.17) is 0 Å². The van der Waals surface area contributed by atoms with Crippen LogP contribution >= 0.6 is 27.3 Å². The van der Waals surface area contributed by atoms with Gasteiger partial charge in [0.05, 0.1) is 5.69 Å². The third-order valence-electron chi connectivity index (χ3n) is 2.83. The number of carboxylic acid groups (broad SMARTS) is 1. The molecule has 3 aromatic rings. The summed E-state index contributed by atoms with van der Waals surface area (Å²) in [6, 6.07) is 12.9. The molecule has 0 saturated heterocycles. The number of nitrogens with zero attached hydrogens (tertiary/aromatic N) is 2. The lowest BCUT2D eigenvalue weighted by Gasteiger charge is -1.98.